The van der Waals surface area contributed by atoms with Crippen molar-refractivity contribution in [1.82, 2.24) is 14.9 Å². The number of carbonyl (C=O) groups excluding carboxylic acids is 1. The van der Waals surface area contributed by atoms with E-state index in [4.69, 9.17) is 4.98 Å². The summed E-state index contributed by atoms with van der Waals surface area (Å²) in [5.74, 6) is 1.43. The Morgan fingerprint density at radius 1 is 1.12 bits per heavy atom. The van der Waals surface area contributed by atoms with Gasteiger partial charge in [0.05, 0.1) is 11.0 Å². The molecule has 1 fully saturated rings. The Hall–Kier alpha value is -2.82. The van der Waals surface area contributed by atoms with Crippen LogP contribution in [0.15, 0.2) is 48.5 Å². The van der Waals surface area contributed by atoms with E-state index in [2.05, 4.69) is 16.4 Å². The molecule has 2 N–H and O–H groups in total. The zero-order chi connectivity index (χ0) is 17.2. The Bertz CT molecular complexity index is 843. The Labute approximate surface area is 147 Å². The van der Waals surface area contributed by atoms with E-state index in [1.54, 1.807) is 0 Å². The monoisotopic (exact) mass is 334 g/mol. The number of carbonyl (C=O) groups is 1. The highest BCUT2D eigenvalue weighted by Gasteiger charge is 2.25. The van der Waals surface area contributed by atoms with Crippen LogP contribution in [0, 0.1) is 6.92 Å². The quantitative estimate of drug-likeness (QED) is 0.735. The van der Waals surface area contributed by atoms with Gasteiger partial charge in [0.2, 0.25) is 0 Å². The SMILES string of the molecule is Cc1ccc(NC(=O)N2CCC(c3nc4ccccc4[nH]3)CC2)cc1. The lowest BCUT2D eigenvalue weighted by molar-refractivity contribution is 0.193. The number of H-pyrrole nitrogens is 1. The van der Waals surface area contributed by atoms with Crippen LogP contribution >= 0.6 is 0 Å². The smallest absolute Gasteiger partial charge is 0.321 e. The summed E-state index contributed by atoms with van der Waals surface area (Å²) >= 11 is 0. The fourth-order valence-electron chi connectivity index (χ4n) is 3.36. The number of nitrogens with one attached hydrogen (secondary N) is 2. The Kier molecular flexibility index (Phi) is 4.14. The first-order chi connectivity index (χ1) is 12.2. The number of rotatable bonds is 2. The van der Waals surface area contributed by atoms with E-state index in [-0.39, 0.29) is 6.03 Å². The number of benzene rings is 2. The average molecular weight is 334 g/mol. The van der Waals surface area contributed by atoms with E-state index < -0.39 is 0 Å². The largest absolute Gasteiger partial charge is 0.342 e. The van der Waals surface area contributed by atoms with Crippen molar-refractivity contribution in [2.24, 2.45) is 0 Å². The minimum atomic E-state index is -0.0214. The van der Waals surface area contributed by atoms with E-state index >= 15 is 0 Å². The number of para-hydroxylation sites is 2. The van der Waals surface area contributed by atoms with Gasteiger partial charge in [-0.25, -0.2) is 9.78 Å². The molecule has 5 heteroatoms. The first-order valence-electron chi connectivity index (χ1n) is 8.76. The zero-order valence-corrected chi connectivity index (χ0v) is 14.3. The van der Waals surface area contributed by atoms with Crippen LogP contribution in [0.25, 0.3) is 11.0 Å². The van der Waals surface area contributed by atoms with Gasteiger partial charge in [-0.3, -0.25) is 0 Å². The number of amides is 2. The number of anilines is 1. The molecule has 4 rings (SSSR count). The van der Waals surface area contributed by atoms with Crippen molar-refractivity contribution in [3.63, 3.8) is 0 Å². The van der Waals surface area contributed by atoms with E-state index in [1.165, 1.54) is 5.56 Å². The molecule has 1 aliphatic heterocycles. The molecule has 5 nitrogen and oxygen atoms in total. The minimum Gasteiger partial charge on any atom is -0.342 e. The highest BCUT2D eigenvalue weighted by molar-refractivity contribution is 5.89. The number of imidazole rings is 1. The summed E-state index contributed by atoms with van der Waals surface area (Å²) in [6.45, 7) is 3.53. The van der Waals surface area contributed by atoms with Gasteiger partial charge in [-0.15, -0.1) is 0 Å². The minimum absolute atomic E-state index is 0.0214. The van der Waals surface area contributed by atoms with E-state index in [0.717, 1.165) is 48.5 Å². The maximum Gasteiger partial charge on any atom is 0.321 e. The number of piperidine rings is 1. The highest BCUT2D eigenvalue weighted by atomic mass is 16.2. The molecule has 1 aromatic heterocycles. The van der Waals surface area contributed by atoms with Crippen molar-refractivity contribution in [2.45, 2.75) is 25.7 Å². The molecular weight excluding hydrogens is 312 g/mol. The molecule has 2 aromatic carbocycles. The second-order valence-electron chi connectivity index (χ2n) is 6.70. The van der Waals surface area contributed by atoms with Crippen LogP contribution in [0.3, 0.4) is 0 Å². The van der Waals surface area contributed by atoms with Gasteiger partial charge in [0.1, 0.15) is 5.82 Å². The summed E-state index contributed by atoms with van der Waals surface area (Å²) in [5.41, 5.74) is 4.12. The molecule has 0 radical (unpaired) electrons. The number of fused-ring (bicyclic) bond motifs is 1. The lowest BCUT2D eigenvalue weighted by atomic mass is 9.96. The van der Waals surface area contributed by atoms with Gasteiger partial charge in [-0.05, 0) is 44.0 Å². The molecule has 128 valence electrons. The fourth-order valence-corrected chi connectivity index (χ4v) is 3.36. The van der Waals surface area contributed by atoms with Crippen molar-refractivity contribution in [1.29, 1.82) is 0 Å². The van der Waals surface area contributed by atoms with Crippen LogP contribution in [0.5, 0.6) is 0 Å². The molecule has 25 heavy (non-hydrogen) atoms. The van der Waals surface area contributed by atoms with Crippen molar-refractivity contribution >= 4 is 22.8 Å². The molecule has 0 spiro atoms. The molecule has 1 aliphatic rings. The summed E-state index contributed by atoms with van der Waals surface area (Å²) in [6.07, 6.45) is 1.86. The van der Waals surface area contributed by atoms with Gasteiger partial charge in [0, 0.05) is 24.7 Å². The number of hydrogen-bond acceptors (Lipinski definition) is 2. The predicted octanol–water partition coefficient (Wildman–Crippen LogP) is 4.28. The second kappa shape index (κ2) is 6.59. The van der Waals surface area contributed by atoms with E-state index in [0.29, 0.717) is 5.92 Å². The standard InChI is InChI=1S/C20H22N4O/c1-14-6-8-16(9-7-14)21-20(25)24-12-10-15(11-13-24)19-22-17-4-2-3-5-18(17)23-19/h2-9,15H,10-13H2,1H3,(H,21,25)(H,22,23). The van der Waals surface area contributed by atoms with Gasteiger partial charge in [0.25, 0.3) is 0 Å². The summed E-state index contributed by atoms with van der Waals surface area (Å²) < 4.78 is 0. The van der Waals surface area contributed by atoms with Crippen LogP contribution in [0.4, 0.5) is 10.5 Å². The number of aromatic amines is 1. The van der Waals surface area contributed by atoms with Crippen molar-refractivity contribution in [3.8, 4) is 0 Å². The third-order valence-corrected chi connectivity index (χ3v) is 4.88. The molecule has 3 aromatic rings. The summed E-state index contributed by atoms with van der Waals surface area (Å²) in [6, 6.07) is 16.0. The number of aryl methyl sites for hydroxylation is 1. The predicted molar refractivity (Wildman–Crippen MR) is 99.8 cm³/mol. The summed E-state index contributed by atoms with van der Waals surface area (Å²) in [4.78, 5) is 22.4. The van der Waals surface area contributed by atoms with Crippen LogP contribution in [-0.4, -0.2) is 34.0 Å². The third kappa shape index (κ3) is 3.36. The highest BCUT2D eigenvalue weighted by Crippen LogP contribution is 2.28. The van der Waals surface area contributed by atoms with Gasteiger partial charge >= 0.3 is 6.03 Å². The lowest BCUT2D eigenvalue weighted by Crippen LogP contribution is -2.40. The zero-order valence-electron chi connectivity index (χ0n) is 14.3. The maximum absolute atomic E-state index is 12.4. The average Bonchev–Trinajstić information content (AvgIpc) is 3.08. The Balaban J connectivity index is 1.37. The number of urea groups is 1. The number of likely N-dealkylation sites (tertiary alicyclic amines) is 1. The molecule has 0 bridgehead atoms. The van der Waals surface area contributed by atoms with Gasteiger partial charge in [0.15, 0.2) is 0 Å². The van der Waals surface area contributed by atoms with Crippen LogP contribution < -0.4 is 5.32 Å². The topological polar surface area (TPSA) is 61.0 Å². The molecule has 0 saturated carbocycles. The molecule has 0 unspecified atom stereocenters. The Morgan fingerprint density at radius 3 is 2.56 bits per heavy atom. The number of hydrogen-bond donors (Lipinski definition) is 2. The molecule has 2 amide bonds. The first kappa shape index (κ1) is 15.7. The lowest BCUT2D eigenvalue weighted by Gasteiger charge is -2.31. The molecule has 1 saturated heterocycles. The van der Waals surface area contributed by atoms with Gasteiger partial charge in [-0.1, -0.05) is 29.8 Å². The van der Waals surface area contributed by atoms with Gasteiger partial charge in [-0.2, -0.15) is 0 Å². The maximum atomic E-state index is 12.4. The first-order valence-corrected chi connectivity index (χ1v) is 8.76. The normalized spacial score (nSPS) is 15.5. The molecule has 0 atom stereocenters. The summed E-state index contributed by atoms with van der Waals surface area (Å²) in [7, 11) is 0. The van der Waals surface area contributed by atoms with E-state index in [9.17, 15) is 4.79 Å². The third-order valence-electron chi connectivity index (χ3n) is 4.88. The Morgan fingerprint density at radius 2 is 1.84 bits per heavy atom. The number of nitrogens with zero attached hydrogens (tertiary/aromatic N) is 2. The second-order valence-corrected chi connectivity index (χ2v) is 6.70. The summed E-state index contributed by atoms with van der Waals surface area (Å²) in [5, 5.41) is 2.98. The van der Waals surface area contributed by atoms with Crippen LogP contribution in [0.1, 0.15) is 30.1 Å². The van der Waals surface area contributed by atoms with Crippen molar-refractivity contribution in [3.05, 3.63) is 59.9 Å². The molecule has 2 heterocycles. The van der Waals surface area contributed by atoms with Crippen molar-refractivity contribution < 1.29 is 4.79 Å². The fraction of sp³-hybridized carbons (Fsp3) is 0.300. The van der Waals surface area contributed by atoms with Crippen LogP contribution in [-0.2, 0) is 0 Å². The van der Waals surface area contributed by atoms with Gasteiger partial charge < -0.3 is 15.2 Å². The van der Waals surface area contributed by atoms with E-state index in [1.807, 2.05) is 54.3 Å². The number of aromatic nitrogens is 2. The van der Waals surface area contributed by atoms with Crippen LogP contribution in [0.2, 0.25) is 0 Å². The molecule has 0 aliphatic carbocycles. The molecular formula is C20H22N4O. The van der Waals surface area contributed by atoms with Crippen molar-refractivity contribution in [2.75, 3.05) is 18.4 Å².